The second kappa shape index (κ2) is 5.25. The summed E-state index contributed by atoms with van der Waals surface area (Å²) in [6.07, 6.45) is 2.06. The Morgan fingerprint density at radius 1 is 1.50 bits per heavy atom. The molecule has 0 radical (unpaired) electrons. The number of anilines is 1. The molecule has 1 saturated heterocycles. The topological polar surface area (TPSA) is 47.0 Å². The lowest BCUT2D eigenvalue weighted by Crippen LogP contribution is -2.10. The molecular formula is C12H19N3O. The Morgan fingerprint density at radius 2 is 2.38 bits per heavy atom. The van der Waals surface area contributed by atoms with Crippen LogP contribution in [0.2, 0.25) is 0 Å². The number of hydrogen-bond donors (Lipinski definition) is 1. The first-order valence-electron chi connectivity index (χ1n) is 5.94. The molecule has 1 aliphatic heterocycles. The Kier molecular flexibility index (Phi) is 3.72. The number of aryl methyl sites for hydroxylation is 1. The minimum Gasteiger partial charge on any atom is -0.381 e. The van der Waals surface area contributed by atoms with Crippen LogP contribution in [0.1, 0.15) is 24.9 Å². The largest absolute Gasteiger partial charge is 0.381 e. The maximum atomic E-state index is 5.37. The van der Waals surface area contributed by atoms with Crippen LogP contribution in [0.3, 0.4) is 0 Å². The first kappa shape index (κ1) is 11.3. The zero-order chi connectivity index (χ0) is 11.4. The van der Waals surface area contributed by atoms with Crippen molar-refractivity contribution in [1.82, 2.24) is 9.97 Å². The van der Waals surface area contributed by atoms with E-state index in [1.807, 2.05) is 13.0 Å². The van der Waals surface area contributed by atoms with Crippen LogP contribution in [0.4, 0.5) is 5.82 Å². The summed E-state index contributed by atoms with van der Waals surface area (Å²) in [6, 6.07) is 1.98. The van der Waals surface area contributed by atoms with Crippen molar-refractivity contribution in [3.05, 3.63) is 17.6 Å². The molecule has 88 valence electrons. The molecule has 1 aliphatic rings. The lowest BCUT2D eigenvalue weighted by Gasteiger charge is -2.09. The highest BCUT2D eigenvalue weighted by atomic mass is 16.5. The number of ether oxygens (including phenoxy) is 1. The molecule has 1 aromatic rings. The molecular weight excluding hydrogens is 202 g/mol. The third kappa shape index (κ3) is 2.92. The summed E-state index contributed by atoms with van der Waals surface area (Å²) in [5, 5.41) is 3.23. The second-order valence-electron chi connectivity index (χ2n) is 4.27. The van der Waals surface area contributed by atoms with E-state index in [0.29, 0.717) is 5.92 Å². The van der Waals surface area contributed by atoms with Crippen molar-refractivity contribution in [2.45, 2.75) is 26.7 Å². The van der Waals surface area contributed by atoms with Gasteiger partial charge in [-0.05, 0) is 26.2 Å². The van der Waals surface area contributed by atoms with Crippen molar-refractivity contribution in [1.29, 1.82) is 0 Å². The molecule has 0 saturated carbocycles. The van der Waals surface area contributed by atoms with Gasteiger partial charge in [-0.3, -0.25) is 0 Å². The summed E-state index contributed by atoms with van der Waals surface area (Å²) in [7, 11) is 0. The zero-order valence-electron chi connectivity index (χ0n) is 9.99. The van der Waals surface area contributed by atoms with Gasteiger partial charge in [0.1, 0.15) is 11.6 Å². The lowest BCUT2D eigenvalue weighted by atomic mass is 10.0. The minimum absolute atomic E-state index is 0.594. The fraction of sp³-hybridized carbons (Fsp3) is 0.667. The first-order chi connectivity index (χ1) is 7.78. The molecule has 4 heteroatoms. The monoisotopic (exact) mass is 221 g/mol. The smallest absolute Gasteiger partial charge is 0.131 e. The molecule has 0 amide bonds. The van der Waals surface area contributed by atoms with Gasteiger partial charge in [0.15, 0.2) is 0 Å². The Balaban J connectivity index is 2.06. The molecule has 0 aromatic carbocycles. The number of nitrogens with one attached hydrogen (secondary N) is 1. The zero-order valence-corrected chi connectivity index (χ0v) is 9.99. The van der Waals surface area contributed by atoms with Crippen LogP contribution in [-0.4, -0.2) is 29.7 Å². The number of nitrogens with zero attached hydrogens (tertiary/aromatic N) is 2. The minimum atomic E-state index is 0.594. The third-order valence-electron chi connectivity index (χ3n) is 2.75. The predicted octanol–water partition coefficient (Wildman–Crippen LogP) is 1.80. The van der Waals surface area contributed by atoms with E-state index in [0.717, 1.165) is 49.9 Å². The van der Waals surface area contributed by atoms with Crippen LogP contribution < -0.4 is 5.32 Å². The van der Waals surface area contributed by atoms with E-state index in [1.165, 1.54) is 0 Å². The van der Waals surface area contributed by atoms with E-state index in [9.17, 15) is 0 Å². The van der Waals surface area contributed by atoms with Gasteiger partial charge in [0.2, 0.25) is 0 Å². The van der Waals surface area contributed by atoms with Crippen LogP contribution in [0.5, 0.6) is 0 Å². The van der Waals surface area contributed by atoms with Gasteiger partial charge in [-0.2, -0.15) is 0 Å². The Labute approximate surface area is 96.4 Å². The van der Waals surface area contributed by atoms with Crippen LogP contribution in [0.15, 0.2) is 6.07 Å². The van der Waals surface area contributed by atoms with Crippen LogP contribution in [0, 0.1) is 12.8 Å². The fourth-order valence-corrected chi connectivity index (χ4v) is 2.00. The van der Waals surface area contributed by atoms with Gasteiger partial charge < -0.3 is 10.1 Å². The van der Waals surface area contributed by atoms with Crippen molar-refractivity contribution >= 4 is 5.82 Å². The van der Waals surface area contributed by atoms with Gasteiger partial charge in [0, 0.05) is 37.9 Å². The van der Waals surface area contributed by atoms with Gasteiger partial charge in [0.05, 0.1) is 0 Å². The van der Waals surface area contributed by atoms with Crippen LogP contribution in [0.25, 0.3) is 0 Å². The molecule has 1 unspecified atom stereocenters. The van der Waals surface area contributed by atoms with E-state index in [1.54, 1.807) is 0 Å². The average Bonchev–Trinajstić information content (AvgIpc) is 2.70. The van der Waals surface area contributed by atoms with E-state index >= 15 is 0 Å². The number of hydrogen-bond acceptors (Lipinski definition) is 4. The average molecular weight is 221 g/mol. The molecule has 0 bridgehead atoms. The molecule has 1 fully saturated rings. The van der Waals surface area contributed by atoms with Gasteiger partial charge in [0.25, 0.3) is 0 Å². The predicted molar refractivity (Wildman–Crippen MR) is 63.6 cm³/mol. The highest BCUT2D eigenvalue weighted by Crippen LogP contribution is 2.17. The highest BCUT2D eigenvalue weighted by Gasteiger charge is 2.17. The molecule has 4 nitrogen and oxygen atoms in total. The Bertz CT molecular complexity index is 348. The summed E-state index contributed by atoms with van der Waals surface area (Å²) in [5.74, 6) is 2.46. The fourth-order valence-electron chi connectivity index (χ4n) is 2.00. The van der Waals surface area contributed by atoms with Crippen molar-refractivity contribution in [2.75, 3.05) is 25.1 Å². The van der Waals surface area contributed by atoms with E-state index in [-0.39, 0.29) is 0 Å². The maximum Gasteiger partial charge on any atom is 0.131 e. The van der Waals surface area contributed by atoms with Crippen molar-refractivity contribution in [3.8, 4) is 0 Å². The Morgan fingerprint density at radius 3 is 3.06 bits per heavy atom. The summed E-state index contributed by atoms with van der Waals surface area (Å²) < 4.78 is 5.37. The standard InChI is InChI=1S/C12H19N3O/c1-3-13-11-6-9(2)14-12(15-11)7-10-4-5-16-8-10/h6,10H,3-5,7-8H2,1-2H3,(H,13,14,15). The van der Waals surface area contributed by atoms with Crippen molar-refractivity contribution in [2.24, 2.45) is 5.92 Å². The summed E-state index contributed by atoms with van der Waals surface area (Å²) in [4.78, 5) is 8.98. The molecule has 2 heterocycles. The summed E-state index contributed by atoms with van der Waals surface area (Å²) in [5.41, 5.74) is 1.03. The van der Waals surface area contributed by atoms with Gasteiger partial charge in [-0.25, -0.2) is 9.97 Å². The van der Waals surface area contributed by atoms with Crippen LogP contribution in [-0.2, 0) is 11.2 Å². The summed E-state index contributed by atoms with van der Waals surface area (Å²) >= 11 is 0. The molecule has 2 rings (SSSR count). The first-order valence-corrected chi connectivity index (χ1v) is 5.94. The number of rotatable bonds is 4. The lowest BCUT2D eigenvalue weighted by molar-refractivity contribution is 0.185. The molecule has 1 atom stereocenters. The number of aromatic nitrogens is 2. The van der Waals surface area contributed by atoms with E-state index < -0.39 is 0 Å². The Hall–Kier alpha value is -1.16. The summed E-state index contributed by atoms with van der Waals surface area (Å²) in [6.45, 7) is 6.71. The second-order valence-corrected chi connectivity index (χ2v) is 4.27. The molecule has 1 aromatic heterocycles. The molecule has 16 heavy (non-hydrogen) atoms. The quantitative estimate of drug-likeness (QED) is 0.842. The van der Waals surface area contributed by atoms with Crippen molar-refractivity contribution < 1.29 is 4.74 Å². The van der Waals surface area contributed by atoms with Gasteiger partial charge >= 0.3 is 0 Å². The van der Waals surface area contributed by atoms with Crippen molar-refractivity contribution in [3.63, 3.8) is 0 Å². The van der Waals surface area contributed by atoms with E-state index in [2.05, 4.69) is 22.2 Å². The molecule has 0 aliphatic carbocycles. The van der Waals surface area contributed by atoms with Gasteiger partial charge in [-0.1, -0.05) is 0 Å². The third-order valence-corrected chi connectivity index (χ3v) is 2.75. The van der Waals surface area contributed by atoms with E-state index in [4.69, 9.17) is 4.74 Å². The highest BCUT2D eigenvalue weighted by molar-refractivity contribution is 5.35. The normalized spacial score (nSPS) is 20.0. The van der Waals surface area contributed by atoms with Crippen LogP contribution >= 0.6 is 0 Å². The molecule has 1 N–H and O–H groups in total. The SMILES string of the molecule is CCNc1cc(C)nc(CC2CCOC2)n1. The molecule has 0 spiro atoms. The van der Waals surface area contributed by atoms with Gasteiger partial charge in [-0.15, -0.1) is 0 Å². The maximum absolute atomic E-state index is 5.37.